The molecule has 1 aromatic rings. The number of nitrogens with zero attached hydrogens (tertiary/aromatic N) is 4. The highest BCUT2D eigenvalue weighted by Gasteiger charge is 2.21. The first-order valence-electron chi connectivity index (χ1n) is 5.88. The molecule has 0 radical (unpaired) electrons. The largest absolute Gasteiger partial charge is 0.305 e. The van der Waals surface area contributed by atoms with E-state index in [1.54, 1.807) is 0 Å². The maximum absolute atomic E-state index is 13.2. The fourth-order valence-electron chi connectivity index (χ4n) is 1.74. The van der Waals surface area contributed by atoms with Gasteiger partial charge < -0.3 is 0 Å². The molecule has 6 nitrogen and oxygen atoms in total. The molecule has 0 saturated heterocycles. The number of benzene rings is 1. The molecule has 0 aromatic heterocycles. The fraction of sp³-hybridized carbons (Fsp3) is 0.417. The second-order valence-electron chi connectivity index (χ2n) is 4.70. The summed E-state index contributed by atoms with van der Waals surface area (Å²) in [6.45, 7) is 4.07. The molecule has 0 spiro atoms. The van der Waals surface area contributed by atoms with E-state index in [0.29, 0.717) is 23.7 Å². The number of aliphatic imine (C=N–C) groups is 1. The number of hydrogen-bond acceptors (Lipinski definition) is 5. The third-order valence-corrected chi connectivity index (χ3v) is 2.61. The molecule has 0 fully saturated rings. The van der Waals surface area contributed by atoms with Crippen molar-refractivity contribution in [2.75, 3.05) is 0 Å². The topological polar surface area (TPSA) is 80.2 Å². The Bertz CT molecular complexity index is 569. The third-order valence-electron chi connectivity index (χ3n) is 2.61. The number of amidine groups is 1. The molecule has 1 atom stereocenters. The summed E-state index contributed by atoms with van der Waals surface area (Å²) < 4.78 is 13.2. The van der Waals surface area contributed by atoms with Crippen LogP contribution in [0.5, 0.6) is 0 Å². The summed E-state index contributed by atoms with van der Waals surface area (Å²) in [6, 6.07) is 3.65. The fourth-order valence-corrected chi connectivity index (χ4v) is 1.74. The minimum absolute atomic E-state index is 0.402. The highest BCUT2D eigenvalue weighted by Crippen LogP contribution is 2.29. The van der Waals surface area contributed by atoms with Crippen LogP contribution in [0.4, 0.5) is 10.1 Å². The number of nitro groups is 1. The zero-order valence-electron chi connectivity index (χ0n) is 10.6. The Morgan fingerprint density at radius 2 is 2.21 bits per heavy atom. The average Bonchev–Trinajstić information content (AvgIpc) is 2.76. The lowest BCUT2D eigenvalue weighted by Gasteiger charge is -2.03. The summed E-state index contributed by atoms with van der Waals surface area (Å²) in [5.41, 5.74) is -0.101. The number of nitro benzene ring substituents is 1. The first-order valence-corrected chi connectivity index (χ1v) is 5.88. The minimum Gasteiger partial charge on any atom is -0.258 e. The SMILES string of the molecule is CC(C)CC1=NC(c2ccc(F)c([N+](=O)[O-])c2)N=N1. The van der Waals surface area contributed by atoms with Crippen LogP contribution in [-0.4, -0.2) is 10.8 Å². The average molecular weight is 264 g/mol. The van der Waals surface area contributed by atoms with E-state index in [1.165, 1.54) is 6.07 Å². The first-order chi connectivity index (χ1) is 8.97. The van der Waals surface area contributed by atoms with Crippen LogP contribution in [0.3, 0.4) is 0 Å². The van der Waals surface area contributed by atoms with Gasteiger partial charge in [-0.3, -0.25) is 10.1 Å². The van der Waals surface area contributed by atoms with E-state index in [4.69, 9.17) is 0 Å². The van der Waals surface area contributed by atoms with Gasteiger partial charge in [-0.25, -0.2) is 4.99 Å². The molecular weight excluding hydrogens is 251 g/mol. The Hall–Kier alpha value is -2.18. The van der Waals surface area contributed by atoms with Gasteiger partial charge in [-0.05, 0) is 12.0 Å². The van der Waals surface area contributed by atoms with E-state index < -0.39 is 22.6 Å². The van der Waals surface area contributed by atoms with Crippen molar-refractivity contribution in [3.05, 3.63) is 39.7 Å². The molecule has 0 aliphatic carbocycles. The molecule has 7 heteroatoms. The van der Waals surface area contributed by atoms with E-state index in [1.807, 2.05) is 13.8 Å². The molecule has 2 rings (SSSR count). The normalized spacial score (nSPS) is 17.9. The highest BCUT2D eigenvalue weighted by atomic mass is 19.1. The monoisotopic (exact) mass is 264 g/mol. The lowest BCUT2D eigenvalue weighted by Crippen LogP contribution is -1.99. The van der Waals surface area contributed by atoms with Crippen molar-refractivity contribution >= 4 is 11.5 Å². The molecular formula is C12H13FN4O2. The molecule has 0 amide bonds. The van der Waals surface area contributed by atoms with Gasteiger partial charge in [-0.1, -0.05) is 19.9 Å². The smallest absolute Gasteiger partial charge is 0.258 e. The Kier molecular flexibility index (Phi) is 3.64. The molecule has 1 heterocycles. The molecule has 1 aromatic carbocycles. The second kappa shape index (κ2) is 5.21. The predicted molar refractivity (Wildman–Crippen MR) is 67.5 cm³/mol. The van der Waals surface area contributed by atoms with Crippen LogP contribution in [0.2, 0.25) is 0 Å². The second-order valence-corrected chi connectivity index (χ2v) is 4.70. The van der Waals surface area contributed by atoms with Gasteiger partial charge in [0.2, 0.25) is 5.82 Å². The third kappa shape index (κ3) is 2.98. The number of halogens is 1. The number of rotatable bonds is 4. The van der Waals surface area contributed by atoms with Crippen LogP contribution >= 0.6 is 0 Å². The lowest BCUT2D eigenvalue weighted by molar-refractivity contribution is -0.387. The predicted octanol–water partition coefficient (Wildman–Crippen LogP) is 3.64. The van der Waals surface area contributed by atoms with Crippen molar-refractivity contribution in [3.8, 4) is 0 Å². The van der Waals surface area contributed by atoms with Crippen LogP contribution in [0.1, 0.15) is 32.0 Å². The summed E-state index contributed by atoms with van der Waals surface area (Å²) in [5.74, 6) is 0.154. The molecule has 1 unspecified atom stereocenters. The van der Waals surface area contributed by atoms with Gasteiger partial charge in [0, 0.05) is 18.1 Å². The Morgan fingerprint density at radius 1 is 1.47 bits per heavy atom. The van der Waals surface area contributed by atoms with Gasteiger partial charge in [0.25, 0.3) is 0 Å². The van der Waals surface area contributed by atoms with Gasteiger partial charge >= 0.3 is 5.69 Å². The van der Waals surface area contributed by atoms with E-state index in [0.717, 1.165) is 12.1 Å². The van der Waals surface area contributed by atoms with E-state index >= 15 is 0 Å². The van der Waals surface area contributed by atoms with Crippen molar-refractivity contribution < 1.29 is 9.31 Å². The molecule has 19 heavy (non-hydrogen) atoms. The van der Waals surface area contributed by atoms with Gasteiger partial charge in [-0.2, -0.15) is 9.50 Å². The minimum atomic E-state index is -0.866. The van der Waals surface area contributed by atoms with Crippen molar-refractivity contribution in [1.82, 2.24) is 0 Å². The van der Waals surface area contributed by atoms with Gasteiger partial charge in [0.15, 0.2) is 6.17 Å². The van der Waals surface area contributed by atoms with Crippen LogP contribution in [0.15, 0.2) is 33.4 Å². The van der Waals surface area contributed by atoms with Crippen molar-refractivity contribution in [3.63, 3.8) is 0 Å². The van der Waals surface area contributed by atoms with Crippen LogP contribution < -0.4 is 0 Å². The van der Waals surface area contributed by atoms with E-state index in [9.17, 15) is 14.5 Å². The van der Waals surface area contributed by atoms with E-state index in [-0.39, 0.29) is 0 Å². The maximum Gasteiger partial charge on any atom is 0.305 e. The maximum atomic E-state index is 13.2. The summed E-state index contributed by atoms with van der Waals surface area (Å²) in [6.07, 6.45) is 0.0940. The zero-order chi connectivity index (χ0) is 14.0. The standard InChI is InChI=1S/C12H13FN4O2/c1-7(2)5-11-14-12(16-15-11)8-3-4-9(13)10(6-8)17(18)19/h3-4,6-7,12H,5H2,1-2H3. The Labute approximate surface area is 109 Å². The molecule has 1 aliphatic rings. The molecule has 0 saturated carbocycles. The summed E-state index contributed by atoms with van der Waals surface area (Å²) in [5, 5.41) is 18.6. The van der Waals surface area contributed by atoms with Crippen molar-refractivity contribution in [1.29, 1.82) is 0 Å². The molecule has 100 valence electrons. The molecule has 1 aliphatic heterocycles. The van der Waals surface area contributed by atoms with Crippen LogP contribution in [0.25, 0.3) is 0 Å². The number of azo groups is 1. The summed E-state index contributed by atoms with van der Waals surface area (Å²) in [4.78, 5) is 14.2. The van der Waals surface area contributed by atoms with Crippen molar-refractivity contribution in [2.45, 2.75) is 26.4 Å². The Balaban J connectivity index is 2.25. The van der Waals surface area contributed by atoms with Gasteiger partial charge in [0.1, 0.15) is 5.84 Å². The van der Waals surface area contributed by atoms with Gasteiger partial charge in [-0.15, -0.1) is 5.11 Å². The first kappa shape index (κ1) is 13.3. The molecule has 0 N–H and O–H groups in total. The Morgan fingerprint density at radius 3 is 2.84 bits per heavy atom. The summed E-state index contributed by atoms with van der Waals surface area (Å²) >= 11 is 0. The zero-order valence-corrected chi connectivity index (χ0v) is 10.6. The molecule has 0 bridgehead atoms. The lowest BCUT2D eigenvalue weighted by atomic mass is 10.1. The summed E-state index contributed by atoms with van der Waals surface area (Å²) in [7, 11) is 0. The van der Waals surface area contributed by atoms with Gasteiger partial charge in [0.05, 0.1) is 4.92 Å². The van der Waals surface area contributed by atoms with Crippen LogP contribution in [0, 0.1) is 21.8 Å². The highest BCUT2D eigenvalue weighted by molar-refractivity contribution is 5.84. The van der Waals surface area contributed by atoms with Crippen molar-refractivity contribution in [2.24, 2.45) is 21.1 Å². The quantitative estimate of drug-likeness (QED) is 0.614. The van der Waals surface area contributed by atoms with E-state index in [2.05, 4.69) is 15.2 Å². The number of hydrogen-bond donors (Lipinski definition) is 0. The van der Waals surface area contributed by atoms with Crippen LogP contribution in [-0.2, 0) is 0 Å².